The summed E-state index contributed by atoms with van der Waals surface area (Å²) in [6.07, 6.45) is 6.44. The van der Waals surface area contributed by atoms with Crippen molar-refractivity contribution < 1.29 is 13.9 Å². The van der Waals surface area contributed by atoms with Crippen molar-refractivity contribution >= 4 is 55.8 Å². The maximum Gasteiger partial charge on any atom is 0.161 e. The van der Waals surface area contributed by atoms with Crippen molar-refractivity contribution in [1.29, 1.82) is 0 Å². The van der Waals surface area contributed by atoms with Crippen LogP contribution in [0.2, 0.25) is 0 Å². The molecular weight excluding hydrogens is 511 g/mol. The molecule has 0 fully saturated rings. The lowest BCUT2D eigenvalue weighted by molar-refractivity contribution is 0.413. The Morgan fingerprint density at radius 3 is 2.49 bits per heavy atom. The number of nitrogens with zero attached hydrogens (tertiary/aromatic N) is 3. The number of benzene rings is 3. The van der Waals surface area contributed by atoms with Crippen LogP contribution < -0.4 is 14.8 Å². The van der Waals surface area contributed by atoms with Gasteiger partial charge in [-0.15, -0.1) is 10.2 Å². The van der Waals surface area contributed by atoms with Crippen molar-refractivity contribution in [3.05, 3.63) is 102 Å². The molecule has 192 valence electrons. The van der Waals surface area contributed by atoms with Gasteiger partial charge in [0.05, 0.1) is 18.0 Å². The van der Waals surface area contributed by atoms with Crippen LogP contribution in [0.4, 0.5) is 15.9 Å². The number of rotatable bonds is 6. The summed E-state index contributed by atoms with van der Waals surface area (Å²) < 4.78 is 25.4. The van der Waals surface area contributed by atoms with Crippen LogP contribution in [-0.4, -0.2) is 27.2 Å². The third-order valence-corrected chi connectivity index (χ3v) is 6.88. The van der Waals surface area contributed by atoms with Crippen molar-refractivity contribution in [2.75, 3.05) is 12.4 Å². The van der Waals surface area contributed by atoms with Gasteiger partial charge in [-0.1, -0.05) is 54.2 Å². The summed E-state index contributed by atoms with van der Waals surface area (Å²) in [6, 6.07) is 19.9. The highest BCUT2D eigenvalue weighted by atomic mass is 32.1. The Morgan fingerprint density at radius 1 is 0.923 bits per heavy atom. The minimum atomic E-state index is -0.423. The summed E-state index contributed by atoms with van der Waals surface area (Å²) in [6.45, 7) is 2.07. The Labute approximate surface area is 229 Å². The Bertz CT molecular complexity index is 1820. The van der Waals surface area contributed by atoms with E-state index in [-0.39, 0.29) is 0 Å². The maximum absolute atomic E-state index is 13.9. The molecule has 0 spiro atoms. The van der Waals surface area contributed by atoms with Gasteiger partial charge in [0, 0.05) is 51.6 Å². The number of pyridine rings is 1. The van der Waals surface area contributed by atoms with E-state index in [1.54, 1.807) is 12.3 Å². The summed E-state index contributed by atoms with van der Waals surface area (Å²) in [5, 5.41) is 15.0. The summed E-state index contributed by atoms with van der Waals surface area (Å²) in [4.78, 5) is 5.12. The van der Waals surface area contributed by atoms with Gasteiger partial charge in [0.25, 0.3) is 0 Å². The fourth-order valence-electron chi connectivity index (χ4n) is 4.63. The van der Waals surface area contributed by atoms with Gasteiger partial charge in [-0.25, -0.2) is 4.39 Å². The van der Waals surface area contributed by atoms with Crippen LogP contribution >= 0.6 is 12.2 Å². The van der Waals surface area contributed by atoms with Gasteiger partial charge in [-0.3, -0.25) is 4.98 Å². The second-order valence-corrected chi connectivity index (χ2v) is 9.69. The zero-order valence-corrected chi connectivity index (χ0v) is 22.1. The lowest BCUT2D eigenvalue weighted by Crippen LogP contribution is -2.08. The zero-order valence-electron chi connectivity index (χ0n) is 21.2. The molecule has 0 atom stereocenters. The number of methoxy groups -OCH3 is 1. The average Bonchev–Trinajstić information content (AvgIpc) is 2.94. The molecular formula is C31H23FN4O2S. The van der Waals surface area contributed by atoms with Crippen molar-refractivity contribution in [3.63, 3.8) is 0 Å². The van der Waals surface area contributed by atoms with Gasteiger partial charge in [-0.2, -0.15) is 0 Å². The SMILES string of the molecule is COc1cc(F)cc2nccc(Oc3ccc(Nc4nnc(C5=CC=C(C)CC5=S)c5ccccc45)cc3)c12. The molecule has 1 aliphatic carbocycles. The van der Waals surface area contributed by atoms with E-state index >= 15 is 0 Å². The molecule has 8 heteroatoms. The normalized spacial score (nSPS) is 13.3. The molecule has 0 bridgehead atoms. The van der Waals surface area contributed by atoms with E-state index in [1.165, 1.54) is 24.8 Å². The van der Waals surface area contributed by atoms with E-state index in [4.69, 9.17) is 21.7 Å². The summed E-state index contributed by atoms with van der Waals surface area (Å²) in [5.41, 5.74) is 4.23. The number of anilines is 2. The third kappa shape index (κ3) is 4.82. The Balaban J connectivity index is 1.28. The van der Waals surface area contributed by atoms with E-state index < -0.39 is 5.82 Å². The Morgan fingerprint density at radius 2 is 1.72 bits per heavy atom. The van der Waals surface area contributed by atoms with Crippen LogP contribution in [0, 0.1) is 5.82 Å². The van der Waals surface area contributed by atoms with E-state index in [0.717, 1.165) is 39.0 Å². The van der Waals surface area contributed by atoms with Crippen LogP contribution in [0.3, 0.4) is 0 Å². The Hall–Kier alpha value is -4.69. The average molecular weight is 535 g/mol. The van der Waals surface area contributed by atoms with E-state index in [0.29, 0.717) is 34.0 Å². The molecule has 0 unspecified atom stereocenters. The Kier molecular flexibility index (Phi) is 6.46. The van der Waals surface area contributed by atoms with Crippen molar-refractivity contribution in [2.24, 2.45) is 0 Å². The number of aromatic nitrogens is 3. The number of hydrogen-bond acceptors (Lipinski definition) is 7. The fraction of sp³-hybridized carbons (Fsp3) is 0.0968. The first-order valence-electron chi connectivity index (χ1n) is 12.3. The first-order chi connectivity index (χ1) is 19.0. The molecule has 2 heterocycles. The van der Waals surface area contributed by atoms with Gasteiger partial charge in [0.15, 0.2) is 5.82 Å². The predicted molar refractivity (Wildman–Crippen MR) is 157 cm³/mol. The summed E-state index contributed by atoms with van der Waals surface area (Å²) >= 11 is 5.66. The first-order valence-corrected chi connectivity index (χ1v) is 12.7. The van der Waals surface area contributed by atoms with Crippen molar-refractivity contribution in [2.45, 2.75) is 13.3 Å². The van der Waals surface area contributed by atoms with E-state index in [2.05, 4.69) is 33.5 Å². The predicted octanol–water partition coefficient (Wildman–Crippen LogP) is 7.96. The number of ether oxygens (including phenoxy) is 2. The first kappa shape index (κ1) is 24.6. The second kappa shape index (κ2) is 10.2. The number of hydrogen-bond donors (Lipinski definition) is 1. The maximum atomic E-state index is 13.9. The summed E-state index contributed by atoms with van der Waals surface area (Å²) in [5.74, 6) is 1.70. The topological polar surface area (TPSA) is 69.2 Å². The van der Waals surface area contributed by atoms with Crippen LogP contribution in [-0.2, 0) is 0 Å². The van der Waals surface area contributed by atoms with Gasteiger partial charge < -0.3 is 14.8 Å². The highest BCUT2D eigenvalue weighted by Gasteiger charge is 2.18. The minimum absolute atomic E-state index is 0.358. The molecule has 3 aromatic carbocycles. The molecule has 0 saturated heterocycles. The zero-order chi connectivity index (χ0) is 26.9. The molecule has 0 amide bonds. The van der Waals surface area contributed by atoms with Gasteiger partial charge in [-0.05, 0) is 37.3 Å². The van der Waals surface area contributed by atoms with E-state index in [9.17, 15) is 4.39 Å². The highest BCUT2D eigenvalue weighted by Crippen LogP contribution is 2.37. The number of nitrogens with one attached hydrogen (secondary N) is 1. The van der Waals surface area contributed by atoms with Gasteiger partial charge in [0.1, 0.15) is 28.8 Å². The smallest absolute Gasteiger partial charge is 0.161 e. The highest BCUT2D eigenvalue weighted by molar-refractivity contribution is 7.81. The third-order valence-electron chi connectivity index (χ3n) is 6.51. The summed E-state index contributed by atoms with van der Waals surface area (Å²) in [7, 11) is 1.49. The monoisotopic (exact) mass is 534 g/mol. The number of halogens is 1. The molecule has 1 N–H and O–H groups in total. The van der Waals surface area contributed by atoms with Crippen molar-refractivity contribution in [3.8, 4) is 17.2 Å². The van der Waals surface area contributed by atoms with Crippen LogP contribution in [0.25, 0.3) is 27.2 Å². The standard InChI is InChI=1S/C31H23FN4O2S/c1-18-7-12-24(28(39)15-18)30-22-5-3-4-6-23(22)31(36-35-30)34-20-8-10-21(11-9-20)38-26-13-14-33-25-16-19(32)17-27(37-2)29(25)26/h3-14,16-17H,15H2,1-2H3,(H,34,36). The van der Waals surface area contributed by atoms with Crippen molar-refractivity contribution in [1.82, 2.24) is 15.2 Å². The van der Waals surface area contributed by atoms with E-state index in [1.807, 2.05) is 54.6 Å². The molecule has 6 rings (SSSR count). The second-order valence-electron chi connectivity index (χ2n) is 9.20. The number of thiocarbonyl (C=S) groups is 1. The lowest BCUT2D eigenvalue weighted by atomic mass is 9.94. The van der Waals surface area contributed by atoms with Gasteiger partial charge in [0.2, 0.25) is 0 Å². The molecule has 0 saturated carbocycles. The molecule has 6 nitrogen and oxygen atoms in total. The quantitative estimate of drug-likeness (QED) is 0.222. The minimum Gasteiger partial charge on any atom is -0.496 e. The molecule has 0 radical (unpaired) electrons. The van der Waals surface area contributed by atoms with Gasteiger partial charge >= 0.3 is 0 Å². The van der Waals surface area contributed by atoms with Crippen LogP contribution in [0.1, 0.15) is 19.0 Å². The molecule has 39 heavy (non-hydrogen) atoms. The molecule has 5 aromatic rings. The fourth-order valence-corrected chi connectivity index (χ4v) is 5.03. The number of allylic oxidation sites excluding steroid dienone is 4. The van der Waals surface area contributed by atoms with Crippen LogP contribution in [0.15, 0.2) is 90.7 Å². The molecule has 2 aromatic heterocycles. The molecule has 1 aliphatic rings. The van der Waals surface area contributed by atoms with Crippen LogP contribution in [0.5, 0.6) is 17.2 Å². The molecule has 0 aliphatic heterocycles. The number of fused-ring (bicyclic) bond motifs is 2. The largest absolute Gasteiger partial charge is 0.496 e. The lowest BCUT2D eigenvalue weighted by Gasteiger charge is -2.16.